The Balaban J connectivity index is 0.00000240. The van der Waals surface area contributed by atoms with Crippen LogP contribution < -0.4 is 10.6 Å². The van der Waals surface area contributed by atoms with Crippen LogP contribution in [-0.4, -0.2) is 39.2 Å². The molecule has 0 spiro atoms. The molecule has 1 aromatic heterocycles. The summed E-state index contributed by atoms with van der Waals surface area (Å²) in [6.45, 7) is 3.90. The molecule has 29 heavy (non-hydrogen) atoms. The molecule has 158 valence electrons. The van der Waals surface area contributed by atoms with Crippen LogP contribution in [-0.2, 0) is 5.75 Å². The number of nitrogens with one attached hydrogen (secondary N) is 2. The topological polar surface area (TPSA) is 71.8 Å². The van der Waals surface area contributed by atoms with E-state index in [1.54, 1.807) is 0 Å². The normalized spacial score (nSPS) is 17.8. The summed E-state index contributed by atoms with van der Waals surface area (Å²) in [5.41, 5.74) is 3.34. The maximum atomic E-state index is 12.8. The van der Waals surface area contributed by atoms with Crippen LogP contribution in [0.15, 0.2) is 24.3 Å². The molecule has 0 unspecified atom stereocenters. The standard InChI is InChI=1S/C21H29N5OS.ClH/c1-15-20(24-25-26(15)18-9-11-22-12-10-18)21(27)23-17-6-4-5-16(13-17)14-28-19-7-2-3-8-19;/h4-6,13,18-19,22H,2-3,7-12,14H2,1H3,(H,23,27);1H. The molecule has 1 aliphatic heterocycles. The first-order valence-corrected chi connectivity index (χ1v) is 11.4. The molecular formula is C21H30ClN5OS. The number of thioether (sulfide) groups is 1. The molecule has 1 aromatic carbocycles. The van der Waals surface area contributed by atoms with Gasteiger partial charge in [0.05, 0.1) is 11.7 Å². The fraction of sp³-hybridized carbons (Fsp3) is 0.571. The van der Waals surface area contributed by atoms with E-state index < -0.39 is 0 Å². The maximum Gasteiger partial charge on any atom is 0.278 e. The van der Waals surface area contributed by atoms with Gasteiger partial charge in [0.2, 0.25) is 0 Å². The highest BCUT2D eigenvalue weighted by Crippen LogP contribution is 2.32. The zero-order valence-electron chi connectivity index (χ0n) is 16.9. The Morgan fingerprint density at radius 3 is 2.76 bits per heavy atom. The van der Waals surface area contributed by atoms with Crippen LogP contribution >= 0.6 is 24.2 Å². The first-order valence-electron chi connectivity index (χ1n) is 10.3. The van der Waals surface area contributed by atoms with E-state index in [2.05, 4.69) is 33.1 Å². The first-order chi connectivity index (χ1) is 13.7. The Morgan fingerprint density at radius 1 is 1.24 bits per heavy atom. The number of hydrogen-bond acceptors (Lipinski definition) is 5. The maximum absolute atomic E-state index is 12.8. The highest BCUT2D eigenvalue weighted by atomic mass is 35.5. The molecule has 0 radical (unpaired) electrons. The summed E-state index contributed by atoms with van der Waals surface area (Å²) in [4.78, 5) is 12.8. The number of nitrogens with zero attached hydrogens (tertiary/aromatic N) is 3. The quantitative estimate of drug-likeness (QED) is 0.705. The number of carbonyl (C=O) groups excluding carboxylic acids is 1. The van der Waals surface area contributed by atoms with Gasteiger partial charge in [-0.2, -0.15) is 11.8 Å². The first kappa shape index (κ1) is 22.1. The third kappa shape index (κ3) is 5.53. The van der Waals surface area contributed by atoms with Crippen molar-refractivity contribution in [3.63, 3.8) is 0 Å². The van der Waals surface area contributed by atoms with E-state index in [0.29, 0.717) is 11.7 Å². The summed E-state index contributed by atoms with van der Waals surface area (Å²) in [7, 11) is 0. The summed E-state index contributed by atoms with van der Waals surface area (Å²) >= 11 is 2.04. The zero-order chi connectivity index (χ0) is 19.3. The lowest BCUT2D eigenvalue weighted by atomic mass is 10.1. The number of rotatable bonds is 6. The van der Waals surface area contributed by atoms with E-state index in [9.17, 15) is 4.79 Å². The number of aromatic nitrogens is 3. The predicted molar refractivity (Wildman–Crippen MR) is 121 cm³/mol. The van der Waals surface area contributed by atoms with Crippen LogP contribution in [0.3, 0.4) is 0 Å². The minimum atomic E-state index is -0.182. The molecular weight excluding hydrogens is 406 g/mol. The smallest absolute Gasteiger partial charge is 0.278 e. The van der Waals surface area contributed by atoms with E-state index in [0.717, 1.165) is 48.3 Å². The van der Waals surface area contributed by atoms with E-state index >= 15 is 0 Å². The van der Waals surface area contributed by atoms with Gasteiger partial charge in [-0.15, -0.1) is 17.5 Å². The van der Waals surface area contributed by atoms with Crippen molar-refractivity contribution in [3.8, 4) is 0 Å². The summed E-state index contributed by atoms with van der Waals surface area (Å²) < 4.78 is 1.92. The minimum Gasteiger partial charge on any atom is -0.321 e. The molecule has 2 aromatic rings. The second-order valence-electron chi connectivity index (χ2n) is 7.82. The van der Waals surface area contributed by atoms with E-state index in [1.807, 2.05) is 35.5 Å². The van der Waals surface area contributed by atoms with Crippen LogP contribution in [0, 0.1) is 6.92 Å². The Morgan fingerprint density at radius 2 is 2.00 bits per heavy atom. The number of hydrogen-bond donors (Lipinski definition) is 2. The van der Waals surface area contributed by atoms with Gasteiger partial charge in [0.15, 0.2) is 5.69 Å². The second kappa shape index (κ2) is 10.5. The average Bonchev–Trinajstić information content (AvgIpc) is 3.37. The van der Waals surface area contributed by atoms with Crippen LogP contribution in [0.5, 0.6) is 0 Å². The van der Waals surface area contributed by atoms with E-state index in [1.165, 1.54) is 31.2 Å². The second-order valence-corrected chi connectivity index (χ2v) is 9.11. The Labute approximate surface area is 183 Å². The van der Waals surface area contributed by atoms with Gasteiger partial charge < -0.3 is 10.6 Å². The van der Waals surface area contributed by atoms with Gasteiger partial charge in [0.25, 0.3) is 5.91 Å². The highest BCUT2D eigenvalue weighted by molar-refractivity contribution is 7.99. The van der Waals surface area contributed by atoms with Crippen LogP contribution in [0.1, 0.15) is 66.3 Å². The zero-order valence-corrected chi connectivity index (χ0v) is 18.5. The third-order valence-electron chi connectivity index (χ3n) is 5.77. The molecule has 0 atom stereocenters. The molecule has 0 bridgehead atoms. The number of anilines is 1. The van der Waals surface area contributed by atoms with Crippen molar-refractivity contribution in [3.05, 3.63) is 41.2 Å². The Bertz CT molecular complexity index is 815. The summed E-state index contributed by atoms with van der Waals surface area (Å²) in [5, 5.41) is 15.6. The van der Waals surface area contributed by atoms with Crippen molar-refractivity contribution in [2.75, 3.05) is 18.4 Å². The van der Waals surface area contributed by atoms with Crippen LogP contribution in [0.4, 0.5) is 5.69 Å². The van der Waals surface area contributed by atoms with Gasteiger partial charge in [-0.25, -0.2) is 4.68 Å². The van der Waals surface area contributed by atoms with Gasteiger partial charge >= 0.3 is 0 Å². The van der Waals surface area contributed by atoms with Crippen molar-refractivity contribution in [1.29, 1.82) is 0 Å². The summed E-state index contributed by atoms with van der Waals surface area (Å²) in [6, 6.07) is 8.49. The summed E-state index contributed by atoms with van der Waals surface area (Å²) in [6.07, 6.45) is 7.45. The van der Waals surface area contributed by atoms with Gasteiger partial charge in [0.1, 0.15) is 0 Å². The van der Waals surface area contributed by atoms with E-state index in [4.69, 9.17) is 0 Å². The Kier molecular flexibility index (Phi) is 7.98. The molecule has 1 amide bonds. The number of halogens is 1. The Hall–Kier alpha value is -1.57. The SMILES string of the molecule is Cc1c(C(=O)Nc2cccc(CSC3CCCC3)c2)nnn1C1CCNCC1.Cl. The van der Waals surface area contributed by atoms with Gasteiger partial charge in [-0.05, 0) is 63.4 Å². The van der Waals surface area contributed by atoms with E-state index in [-0.39, 0.29) is 18.3 Å². The number of benzene rings is 1. The van der Waals surface area contributed by atoms with Crippen LogP contribution in [0.2, 0.25) is 0 Å². The molecule has 2 fully saturated rings. The van der Waals surface area contributed by atoms with Crippen molar-refractivity contribution >= 4 is 35.8 Å². The average molecular weight is 436 g/mol. The molecule has 6 nitrogen and oxygen atoms in total. The molecule has 2 aliphatic rings. The fourth-order valence-electron chi connectivity index (χ4n) is 4.15. The lowest BCUT2D eigenvalue weighted by Gasteiger charge is -2.23. The molecule has 8 heteroatoms. The molecule has 1 aliphatic carbocycles. The van der Waals surface area contributed by atoms with Crippen molar-refractivity contribution < 1.29 is 4.79 Å². The molecule has 4 rings (SSSR count). The lowest BCUT2D eigenvalue weighted by molar-refractivity contribution is 0.102. The lowest BCUT2D eigenvalue weighted by Crippen LogP contribution is -2.30. The fourth-order valence-corrected chi connectivity index (χ4v) is 5.42. The van der Waals surface area contributed by atoms with Gasteiger partial charge in [-0.3, -0.25) is 4.79 Å². The number of carbonyl (C=O) groups is 1. The third-order valence-corrected chi connectivity index (χ3v) is 7.21. The molecule has 2 N–H and O–H groups in total. The summed E-state index contributed by atoms with van der Waals surface area (Å²) in [5.74, 6) is 0.817. The highest BCUT2D eigenvalue weighted by Gasteiger charge is 2.23. The molecule has 1 saturated heterocycles. The van der Waals surface area contributed by atoms with Crippen molar-refractivity contribution in [1.82, 2.24) is 20.3 Å². The number of amides is 1. The van der Waals surface area contributed by atoms with Crippen molar-refractivity contribution in [2.45, 2.75) is 62.5 Å². The molecule has 1 saturated carbocycles. The van der Waals surface area contributed by atoms with Gasteiger partial charge in [0, 0.05) is 16.7 Å². The largest absolute Gasteiger partial charge is 0.321 e. The van der Waals surface area contributed by atoms with Gasteiger partial charge in [-0.1, -0.05) is 30.2 Å². The number of piperidine rings is 1. The molecule has 2 heterocycles. The predicted octanol–water partition coefficient (Wildman–Crippen LogP) is 4.36. The monoisotopic (exact) mass is 435 g/mol. The van der Waals surface area contributed by atoms with Crippen molar-refractivity contribution in [2.24, 2.45) is 0 Å². The minimum absolute atomic E-state index is 0. The van der Waals surface area contributed by atoms with Crippen LogP contribution in [0.25, 0.3) is 0 Å².